The van der Waals surface area contributed by atoms with Crippen molar-refractivity contribution in [3.8, 4) is 0 Å². The molecule has 0 rings (SSSR count). The molecule has 3 N–H and O–H groups in total. The fraction of sp³-hybridized carbons (Fsp3) is 0.750. The fourth-order valence-corrected chi connectivity index (χ4v) is 1.15. The number of carboxylic acids is 1. The number of carbonyl (C=O) groups is 3. The highest BCUT2D eigenvalue weighted by Gasteiger charge is 2.21. The van der Waals surface area contributed by atoms with Crippen LogP contribution in [0.4, 0.5) is 0 Å². The largest absolute Gasteiger partial charge is 0.481 e. The quantitative estimate of drug-likeness (QED) is 0.594. The first-order valence-electron chi connectivity index (χ1n) is 5.96. The summed E-state index contributed by atoms with van der Waals surface area (Å²) >= 11 is 0. The van der Waals surface area contributed by atoms with Crippen molar-refractivity contribution in [1.29, 1.82) is 0 Å². The lowest BCUT2D eigenvalue weighted by molar-refractivity contribution is -0.140. The number of ether oxygens (including phenoxy) is 1. The highest BCUT2D eigenvalue weighted by Crippen LogP contribution is 2.11. The molecule has 0 spiro atoms. The van der Waals surface area contributed by atoms with Crippen molar-refractivity contribution < 1.29 is 24.2 Å². The Morgan fingerprint density at radius 1 is 1.21 bits per heavy atom. The molecule has 7 nitrogen and oxygen atoms in total. The van der Waals surface area contributed by atoms with Crippen molar-refractivity contribution in [2.45, 2.75) is 33.3 Å². The first kappa shape index (κ1) is 17.4. The van der Waals surface area contributed by atoms with Gasteiger partial charge in [0.25, 0.3) is 0 Å². The maximum absolute atomic E-state index is 11.5. The van der Waals surface area contributed by atoms with Gasteiger partial charge >= 0.3 is 5.97 Å². The van der Waals surface area contributed by atoms with Crippen LogP contribution in [0, 0.1) is 5.41 Å². The van der Waals surface area contributed by atoms with E-state index in [0.717, 1.165) is 0 Å². The van der Waals surface area contributed by atoms with E-state index in [1.54, 1.807) is 20.8 Å². The molecule has 0 saturated carbocycles. The lowest BCUT2D eigenvalue weighted by atomic mass is 9.96. The van der Waals surface area contributed by atoms with Crippen molar-refractivity contribution in [3.05, 3.63) is 0 Å². The first-order valence-corrected chi connectivity index (χ1v) is 5.96. The zero-order valence-electron chi connectivity index (χ0n) is 11.8. The summed E-state index contributed by atoms with van der Waals surface area (Å²) in [4.78, 5) is 33.5. The normalized spacial score (nSPS) is 12.6. The van der Waals surface area contributed by atoms with Crippen LogP contribution < -0.4 is 10.6 Å². The Bertz CT molecular complexity index is 336. The van der Waals surface area contributed by atoms with Gasteiger partial charge in [0.2, 0.25) is 11.8 Å². The smallest absolute Gasteiger partial charge is 0.306 e. The highest BCUT2D eigenvalue weighted by molar-refractivity contribution is 5.87. The maximum Gasteiger partial charge on any atom is 0.306 e. The van der Waals surface area contributed by atoms with Crippen LogP contribution in [0.1, 0.15) is 27.2 Å². The number of nitrogens with one attached hydrogen (secondary N) is 2. The lowest BCUT2D eigenvalue weighted by Crippen LogP contribution is -2.43. The van der Waals surface area contributed by atoms with E-state index in [-0.39, 0.29) is 31.3 Å². The van der Waals surface area contributed by atoms with Crippen LogP contribution in [0.15, 0.2) is 0 Å². The highest BCUT2D eigenvalue weighted by atomic mass is 16.5. The summed E-state index contributed by atoms with van der Waals surface area (Å²) in [6.45, 7) is 5.18. The monoisotopic (exact) mass is 274 g/mol. The summed E-state index contributed by atoms with van der Waals surface area (Å²) in [7, 11) is 1.38. The molecule has 2 amide bonds. The molecule has 0 radical (unpaired) electrons. The van der Waals surface area contributed by atoms with Crippen LogP contribution in [-0.4, -0.2) is 49.2 Å². The molecule has 7 heteroatoms. The number of carbonyl (C=O) groups excluding carboxylic acids is 2. The van der Waals surface area contributed by atoms with Gasteiger partial charge in [-0.2, -0.15) is 0 Å². The van der Waals surface area contributed by atoms with Crippen molar-refractivity contribution in [1.82, 2.24) is 10.6 Å². The topological polar surface area (TPSA) is 105 Å². The first-order chi connectivity index (χ1) is 8.66. The van der Waals surface area contributed by atoms with Gasteiger partial charge in [-0.3, -0.25) is 14.4 Å². The van der Waals surface area contributed by atoms with Crippen LogP contribution in [0.3, 0.4) is 0 Å². The van der Waals surface area contributed by atoms with Crippen LogP contribution in [0.2, 0.25) is 0 Å². The van der Waals surface area contributed by atoms with Gasteiger partial charge in [0, 0.05) is 19.1 Å². The van der Waals surface area contributed by atoms with Crippen molar-refractivity contribution in [3.63, 3.8) is 0 Å². The van der Waals surface area contributed by atoms with Gasteiger partial charge in [-0.05, 0) is 0 Å². The summed E-state index contributed by atoms with van der Waals surface area (Å²) in [5.74, 6) is -1.61. The minimum atomic E-state index is -0.998. The van der Waals surface area contributed by atoms with Crippen LogP contribution >= 0.6 is 0 Å². The average Bonchev–Trinajstić information content (AvgIpc) is 2.29. The van der Waals surface area contributed by atoms with Gasteiger partial charge < -0.3 is 20.5 Å². The van der Waals surface area contributed by atoms with E-state index in [4.69, 9.17) is 9.84 Å². The molecule has 1 unspecified atom stereocenters. The predicted molar refractivity (Wildman–Crippen MR) is 68.5 cm³/mol. The molecule has 0 aromatic heterocycles. The third-order valence-corrected chi connectivity index (χ3v) is 2.35. The van der Waals surface area contributed by atoms with Crippen LogP contribution in [0.5, 0.6) is 0 Å². The number of amides is 2. The molecule has 0 heterocycles. The standard InChI is InChI=1S/C12H22N2O5/c1-12(2,3)11(18)14-7-9(15)13-6-8(19-4)5-10(16)17/h8H,5-7H2,1-4H3,(H,13,15)(H,14,18)(H,16,17). The third-order valence-electron chi connectivity index (χ3n) is 2.35. The van der Waals surface area contributed by atoms with Gasteiger partial charge in [0.05, 0.1) is 19.1 Å². The molecule has 0 saturated heterocycles. The Kier molecular flexibility index (Phi) is 7.06. The molecular weight excluding hydrogens is 252 g/mol. The molecule has 0 aliphatic rings. The molecule has 110 valence electrons. The van der Waals surface area contributed by atoms with Gasteiger partial charge in [0.1, 0.15) is 0 Å². The summed E-state index contributed by atoms with van der Waals surface area (Å²) in [6.07, 6.45) is -0.773. The number of hydrogen-bond donors (Lipinski definition) is 3. The second-order valence-corrected chi connectivity index (χ2v) is 5.19. The zero-order chi connectivity index (χ0) is 15.1. The van der Waals surface area contributed by atoms with Gasteiger partial charge in [-0.15, -0.1) is 0 Å². The summed E-state index contributed by atoms with van der Waals surface area (Å²) in [6, 6.07) is 0. The zero-order valence-corrected chi connectivity index (χ0v) is 11.8. The minimum Gasteiger partial charge on any atom is -0.481 e. The minimum absolute atomic E-state index is 0.0903. The Hall–Kier alpha value is -1.63. The number of methoxy groups -OCH3 is 1. The number of carboxylic acid groups (broad SMARTS) is 1. The average molecular weight is 274 g/mol. The van der Waals surface area contributed by atoms with Crippen molar-refractivity contribution >= 4 is 17.8 Å². The van der Waals surface area contributed by atoms with Gasteiger partial charge in [-0.25, -0.2) is 0 Å². The van der Waals surface area contributed by atoms with E-state index in [9.17, 15) is 14.4 Å². The van der Waals surface area contributed by atoms with Crippen LogP contribution in [-0.2, 0) is 19.1 Å². The van der Waals surface area contributed by atoms with E-state index >= 15 is 0 Å². The molecule has 0 fully saturated rings. The van der Waals surface area contributed by atoms with Crippen molar-refractivity contribution in [2.24, 2.45) is 5.41 Å². The van der Waals surface area contributed by atoms with E-state index in [0.29, 0.717) is 0 Å². The van der Waals surface area contributed by atoms with E-state index in [1.165, 1.54) is 7.11 Å². The number of aliphatic carboxylic acids is 1. The van der Waals surface area contributed by atoms with E-state index in [2.05, 4.69) is 10.6 Å². The van der Waals surface area contributed by atoms with Crippen LogP contribution in [0.25, 0.3) is 0 Å². The Balaban J connectivity index is 3.99. The van der Waals surface area contributed by atoms with Gasteiger partial charge in [-0.1, -0.05) is 20.8 Å². The lowest BCUT2D eigenvalue weighted by Gasteiger charge is -2.18. The summed E-state index contributed by atoms with van der Waals surface area (Å²) in [5.41, 5.74) is -0.557. The van der Waals surface area contributed by atoms with Crippen molar-refractivity contribution in [2.75, 3.05) is 20.2 Å². The van der Waals surface area contributed by atoms with E-state index in [1.807, 2.05) is 0 Å². The summed E-state index contributed by atoms with van der Waals surface area (Å²) in [5, 5.41) is 13.6. The summed E-state index contributed by atoms with van der Waals surface area (Å²) < 4.78 is 4.91. The van der Waals surface area contributed by atoms with Gasteiger partial charge in [0.15, 0.2) is 0 Å². The second-order valence-electron chi connectivity index (χ2n) is 5.19. The molecule has 0 aliphatic carbocycles. The predicted octanol–water partition coefficient (Wildman–Crippen LogP) is -0.245. The number of rotatable bonds is 7. The molecular formula is C12H22N2O5. The fourth-order valence-electron chi connectivity index (χ4n) is 1.15. The Morgan fingerprint density at radius 3 is 2.21 bits per heavy atom. The third kappa shape index (κ3) is 8.15. The molecule has 1 atom stereocenters. The Morgan fingerprint density at radius 2 is 1.79 bits per heavy atom. The molecule has 0 aliphatic heterocycles. The maximum atomic E-state index is 11.5. The van der Waals surface area contributed by atoms with E-state index < -0.39 is 17.5 Å². The molecule has 0 aromatic carbocycles. The Labute approximate surface area is 112 Å². The molecule has 19 heavy (non-hydrogen) atoms. The number of hydrogen-bond acceptors (Lipinski definition) is 4. The molecule has 0 bridgehead atoms. The SMILES string of the molecule is COC(CNC(=O)CNC(=O)C(C)(C)C)CC(=O)O. The molecule has 0 aromatic rings. The second kappa shape index (κ2) is 7.73.